The summed E-state index contributed by atoms with van der Waals surface area (Å²) in [6.07, 6.45) is 0. The number of nitrogens with zero attached hydrogens (tertiary/aromatic N) is 2. The Hall–Kier alpha value is -7.56. The summed E-state index contributed by atoms with van der Waals surface area (Å²) in [5.41, 5.74) is 12.5. The average molecular weight is 719 g/mol. The predicted molar refractivity (Wildman–Crippen MR) is 232 cm³/mol. The van der Waals surface area contributed by atoms with Crippen molar-refractivity contribution in [1.82, 2.24) is 0 Å². The Morgan fingerprint density at radius 2 is 0.929 bits per heavy atom. The largest absolute Gasteiger partial charge is 0.456 e. The van der Waals surface area contributed by atoms with Crippen LogP contribution >= 0.6 is 0 Å². The highest BCUT2D eigenvalue weighted by Crippen LogP contribution is 2.53. The summed E-state index contributed by atoms with van der Waals surface area (Å²) in [6, 6.07) is 72.4. The van der Waals surface area contributed by atoms with Gasteiger partial charge in [0, 0.05) is 49.9 Å². The van der Waals surface area contributed by atoms with E-state index in [1.54, 1.807) is 0 Å². The fourth-order valence-corrected chi connectivity index (χ4v) is 8.29. The maximum absolute atomic E-state index is 6.76. The molecule has 0 N–H and O–H groups in total. The van der Waals surface area contributed by atoms with Crippen LogP contribution in [0.1, 0.15) is 0 Å². The lowest BCUT2D eigenvalue weighted by Gasteiger charge is -2.30. The topological polar surface area (TPSA) is 28.9 Å². The number of benzene rings is 9. The molecule has 0 saturated heterocycles. The molecular weight excluding hydrogens is 685 g/mol. The summed E-state index contributed by atoms with van der Waals surface area (Å²) in [7, 11) is 0. The molecule has 0 saturated carbocycles. The summed E-state index contributed by atoms with van der Waals surface area (Å²) >= 11 is 0. The Labute approximate surface area is 324 Å². The van der Waals surface area contributed by atoms with E-state index in [0.717, 1.165) is 95.0 Å². The lowest BCUT2D eigenvalue weighted by molar-refractivity contribution is 0.487. The third-order valence-electron chi connectivity index (χ3n) is 10.8. The predicted octanol–water partition coefficient (Wildman–Crippen LogP) is 15.1. The standard InChI is InChI=1S/C52H34N2O2/c1-4-14-35(15-5-1)36-26-28-39(29-27-36)54(47-24-13-22-43-41-20-10-11-25-48(41)56-52(43)47)46-31-33-50-51-42(21-12-23-44(46)51)45-34-40(30-32-49(45)55-50)53(37-16-6-2-7-17-37)38-18-8-3-9-19-38/h1-34H. The fourth-order valence-electron chi connectivity index (χ4n) is 8.29. The van der Waals surface area contributed by atoms with E-state index in [0.29, 0.717) is 0 Å². The van der Waals surface area contributed by atoms with Crippen LogP contribution in [0.2, 0.25) is 0 Å². The Morgan fingerprint density at radius 3 is 1.70 bits per heavy atom. The van der Waals surface area contributed by atoms with Crippen molar-refractivity contribution < 1.29 is 9.15 Å². The molecule has 0 radical (unpaired) electrons. The van der Waals surface area contributed by atoms with Crippen LogP contribution in [0.15, 0.2) is 211 Å². The molecule has 0 aliphatic carbocycles. The third-order valence-corrected chi connectivity index (χ3v) is 10.8. The summed E-state index contributed by atoms with van der Waals surface area (Å²) in [6.45, 7) is 0. The molecule has 0 bridgehead atoms. The van der Waals surface area contributed by atoms with E-state index in [-0.39, 0.29) is 0 Å². The summed E-state index contributed by atoms with van der Waals surface area (Å²) in [5, 5.41) is 4.34. The first-order valence-corrected chi connectivity index (χ1v) is 18.9. The number of para-hydroxylation sites is 4. The van der Waals surface area contributed by atoms with Crippen molar-refractivity contribution >= 4 is 66.8 Å². The van der Waals surface area contributed by atoms with Gasteiger partial charge in [0.15, 0.2) is 5.58 Å². The number of hydrogen-bond acceptors (Lipinski definition) is 4. The molecule has 2 heterocycles. The molecule has 0 fully saturated rings. The van der Waals surface area contributed by atoms with E-state index in [2.05, 4.69) is 204 Å². The van der Waals surface area contributed by atoms with Gasteiger partial charge in [-0.3, -0.25) is 0 Å². The van der Waals surface area contributed by atoms with Gasteiger partial charge >= 0.3 is 0 Å². The number of hydrogen-bond donors (Lipinski definition) is 0. The SMILES string of the molecule is c1ccc(-c2ccc(N(c3ccc4c5c(cccc35)-c3cc(N(c5ccccc5)c5ccccc5)ccc3O4)c3cccc4c3oc3ccccc34)cc2)cc1. The maximum Gasteiger partial charge on any atom is 0.159 e. The molecule has 1 aliphatic rings. The van der Waals surface area contributed by atoms with Crippen LogP contribution in [0, 0.1) is 0 Å². The molecule has 4 nitrogen and oxygen atoms in total. The first-order valence-electron chi connectivity index (χ1n) is 18.9. The van der Waals surface area contributed by atoms with E-state index in [4.69, 9.17) is 9.15 Å². The van der Waals surface area contributed by atoms with Gasteiger partial charge in [-0.05, 0) is 95.6 Å². The fraction of sp³-hybridized carbons (Fsp3) is 0. The third kappa shape index (κ3) is 5.23. The molecule has 9 aromatic carbocycles. The molecular formula is C52H34N2O2. The second-order valence-electron chi connectivity index (χ2n) is 14.1. The zero-order chi connectivity index (χ0) is 37.0. The lowest BCUT2D eigenvalue weighted by atomic mass is 9.93. The highest BCUT2D eigenvalue weighted by atomic mass is 16.5. The molecule has 4 heteroatoms. The Kier molecular flexibility index (Phi) is 7.46. The van der Waals surface area contributed by atoms with Crippen LogP contribution in [0.3, 0.4) is 0 Å². The quantitative estimate of drug-likeness (QED) is 0.164. The minimum Gasteiger partial charge on any atom is -0.456 e. The van der Waals surface area contributed by atoms with Gasteiger partial charge in [0.05, 0.1) is 11.4 Å². The monoisotopic (exact) mass is 718 g/mol. The average Bonchev–Trinajstić information content (AvgIpc) is 3.66. The molecule has 1 aromatic heterocycles. The maximum atomic E-state index is 6.76. The Balaban J connectivity index is 1.11. The van der Waals surface area contributed by atoms with Crippen LogP contribution in [-0.4, -0.2) is 0 Å². The van der Waals surface area contributed by atoms with Gasteiger partial charge in [0.1, 0.15) is 17.1 Å². The van der Waals surface area contributed by atoms with Crippen LogP contribution < -0.4 is 14.5 Å². The van der Waals surface area contributed by atoms with Crippen molar-refractivity contribution in [3.05, 3.63) is 206 Å². The van der Waals surface area contributed by atoms with Gasteiger partial charge in [-0.25, -0.2) is 0 Å². The molecule has 56 heavy (non-hydrogen) atoms. The molecule has 11 rings (SSSR count). The van der Waals surface area contributed by atoms with Crippen molar-refractivity contribution in [2.45, 2.75) is 0 Å². The van der Waals surface area contributed by atoms with Crippen molar-refractivity contribution in [3.8, 4) is 33.8 Å². The zero-order valence-electron chi connectivity index (χ0n) is 30.3. The van der Waals surface area contributed by atoms with Gasteiger partial charge in [0.25, 0.3) is 0 Å². The summed E-state index contributed by atoms with van der Waals surface area (Å²) in [4.78, 5) is 4.63. The van der Waals surface area contributed by atoms with E-state index in [1.807, 2.05) is 12.1 Å². The van der Waals surface area contributed by atoms with Crippen molar-refractivity contribution in [2.24, 2.45) is 0 Å². The molecule has 264 valence electrons. The molecule has 0 amide bonds. The molecule has 0 spiro atoms. The van der Waals surface area contributed by atoms with Gasteiger partial charge < -0.3 is 19.0 Å². The van der Waals surface area contributed by atoms with E-state index in [9.17, 15) is 0 Å². The first-order chi connectivity index (χ1) is 27.8. The summed E-state index contributed by atoms with van der Waals surface area (Å²) < 4.78 is 13.4. The minimum atomic E-state index is 0.836. The van der Waals surface area contributed by atoms with Crippen LogP contribution in [-0.2, 0) is 0 Å². The van der Waals surface area contributed by atoms with E-state index >= 15 is 0 Å². The molecule has 1 aliphatic heterocycles. The van der Waals surface area contributed by atoms with Crippen molar-refractivity contribution in [3.63, 3.8) is 0 Å². The lowest BCUT2D eigenvalue weighted by Crippen LogP contribution is -2.12. The Morgan fingerprint density at radius 1 is 0.339 bits per heavy atom. The number of ether oxygens (including phenoxy) is 1. The van der Waals surface area contributed by atoms with Crippen LogP contribution in [0.25, 0.3) is 55.0 Å². The number of anilines is 6. The number of fused-ring (bicyclic) bond motifs is 5. The van der Waals surface area contributed by atoms with E-state index in [1.165, 1.54) is 5.56 Å². The number of rotatable bonds is 7. The first kappa shape index (κ1) is 31.9. The normalized spacial score (nSPS) is 11.7. The number of furan rings is 1. The van der Waals surface area contributed by atoms with Gasteiger partial charge in [-0.15, -0.1) is 0 Å². The van der Waals surface area contributed by atoms with Crippen molar-refractivity contribution in [2.75, 3.05) is 9.80 Å². The van der Waals surface area contributed by atoms with E-state index < -0.39 is 0 Å². The second kappa shape index (κ2) is 13.1. The highest BCUT2D eigenvalue weighted by Gasteiger charge is 2.27. The van der Waals surface area contributed by atoms with Gasteiger partial charge in [-0.2, -0.15) is 0 Å². The minimum absolute atomic E-state index is 0.836. The van der Waals surface area contributed by atoms with Gasteiger partial charge in [0.2, 0.25) is 0 Å². The molecule has 10 aromatic rings. The zero-order valence-corrected chi connectivity index (χ0v) is 30.3. The molecule has 0 unspecified atom stereocenters. The highest BCUT2D eigenvalue weighted by molar-refractivity contribution is 6.14. The Bertz CT molecular complexity index is 3010. The summed E-state index contributed by atoms with van der Waals surface area (Å²) in [5.74, 6) is 1.67. The second-order valence-corrected chi connectivity index (χ2v) is 14.1. The smallest absolute Gasteiger partial charge is 0.159 e. The van der Waals surface area contributed by atoms with Crippen LogP contribution in [0.4, 0.5) is 34.1 Å². The van der Waals surface area contributed by atoms with Gasteiger partial charge in [-0.1, -0.05) is 127 Å². The van der Waals surface area contributed by atoms with Crippen molar-refractivity contribution in [1.29, 1.82) is 0 Å². The molecule has 0 atom stereocenters. The van der Waals surface area contributed by atoms with Crippen LogP contribution in [0.5, 0.6) is 11.5 Å².